The molecule has 0 aromatic rings. The normalized spacial score (nSPS) is 27.3. The lowest BCUT2D eigenvalue weighted by Crippen LogP contribution is -2.36. The van der Waals surface area contributed by atoms with Crippen LogP contribution in [0.25, 0.3) is 0 Å². The van der Waals surface area contributed by atoms with Crippen molar-refractivity contribution in [1.29, 1.82) is 0 Å². The van der Waals surface area contributed by atoms with Gasteiger partial charge in [0.25, 0.3) is 0 Å². The summed E-state index contributed by atoms with van der Waals surface area (Å²) >= 11 is 0. The van der Waals surface area contributed by atoms with Crippen LogP contribution in [0.1, 0.15) is 44.9 Å². The lowest BCUT2D eigenvalue weighted by molar-refractivity contribution is -0.0237. The van der Waals surface area contributed by atoms with Gasteiger partial charge in [0.15, 0.2) is 0 Å². The second-order valence-corrected chi connectivity index (χ2v) is 5.99. The van der Waals surface area contributed by atoms with E-state index in [0.717, 1.165) is 19.8 Å². The van der Waals surface area contributed by atoms with Crippen LogP contribution in [-0.2, 0) is 9.47 Å². The van der Waals surface area contributed by atoms with E-state index >= 15 is 0 Å². The summed E-state index contributed by atoms with van der Waals surface area (Å²) in [6, 6.07) is 0. The minimum absolute atomic E-state index is 0.383. The molecule has 2 fully saturated rings. The van der Waals surface area contributed by atoms with Gasteiger partial charge in [0.1, 0.15) is 0 Å². The quantitative estimate of drug-likeness (QED) is 0.740. The molecule has 1 saturated heterocycles. The number of hydrogen-bond donors (Lipinski definition) is 2. The molecule has 4 heteroatoms. The molecule has 2 rings (SSSR count). The summed E-state index contributed by atoms with van der Waals surface area (Å²) in [6.07, 6.45) is 8.64. The second-order valence-electron chi connectivity index (χ2n) is 5.99. The molecule has 0 bridgehead atoms. The summed E-state index contributed by atoms with van der Waals surface area (Å²) in [5.41, 5.74) is 0. The molecule has 0 aromatic heterocycles. The van der Waals surface area contributed by atoms with Gasteiger partial charge >= 0.3 is 0 Å². The molecule has 0 aromatic carbocycles. The van der Waals surface area contributed by atoms with Crippen LogP contribution < -0.4 is 5.32 Å². The van der Waals surface area contributed by atoms with Gasteiger partial charge in [-0.3, -0.25) is 0 Å². The molecule has 0 spiro atoms. The van der Waals surface area contributed by atoms with Crippen LogP contribution in [-0.4, -0.2) is 50.2 Å². The third-order valence-corrected chi connectivity index (χ3v) is 4.14. The van der Waals surface area contributed by atoms with Crippen LogP contribution >= 0.6 is 0 Å². The number of hydrogen-bond acceptors (Lipinski definition) is 4. The number of ether oxygens (including phenoxy) is 2. The predicted molar refractivity (Wildman–Crippen MR) is 75.2 cm³/mol. The maximum absolute atomic E-state index is 9.89. The Balaban J connectivity index is 1.47. The van der Waals surface area contributed by atoms with Crippen molar-refractivity contribution in [3.05, 3.63) is 0 Å². The third kappa shape index (κ3) is 6.21. The first-order valence-corrected chi connectivity index (χ1v) is 7.92. The van der Waals surface area contributed by atoms with Gasteiger partial charge in [0, 0.05) is 19.7 Å². The summed E-state index contributed by atoms with van der Waals surface area (Å²) in [6.45, 7) is 3.82. The van der Waals surface area contributed by atoms with E-state index < -0.39 is 0 Å². The Hall–Kier alpha value is -0.160. The topological polar surface area (TPSA) is 50.7 Å². The van der Waals surface area contributed by atoms with E-state index in [0.29, 0.717) is 25.2 Å². The first-order chi connectivity index (χ1) is 9.34. The minimum atomic E-state index is -0.383. The highest BCUT2D eigenvalue weighted by atomic mass is 16.5. The van der Waals surface area contributed by atoms with Crippen LogP contribution in [0.4, 0.5) is 0 Å². The van der Waals surface area contributed by atoms with Gasteiger partial charge in [0.2, 0.25) is 0 Å². The second kappa shape index (κ2) is 8.90. The highest BCUT2D eigenvalue weighted by Gasteiger charge is 2.16. The van der Waals surface area contributed by atoms with Crippen molar-refractivity contribution in [2.45, 2.75) is 57.2 Å². The molecule has 0 amide bonds. The highest BCUT2D eigenvalue weighted by molar-refractivity contribution is 4.69. The standard InChI is InChI=1S/C15H29NO3/c17-14(12-19-15-6-2-1-3-7-15)10-16-9-13-5-4-8-18-11-13/h13-17H,1-12H2. The Bertz CT molecular complexity index is 225. The molecule has 1 heterocycles. The summed E-state index contributed by atoms with van der Waals surface area (Å²) < 4.78 is 11.2. The number of aliphatic hydroxyl groups excluding tert-OH is 1. The molecule has 0 radical (unpaired) electrons. The van der Waals surface area contributed by atoms with Crippen LogP contribution in [0.3, 0.4) is 0 Å². The first-order valence-electron chi connectivity index (χ1n) is 7.92. The zero-order chi connectivity index (χ0) is 13.3. The molecule has 2 aliphatic rings. The van der Waals surface area contributed by atoms with E-state index in [1.54, 1.807) is 0 Å². The van der Waals surface area contributed by atoms with Crippen molar-refractivity contribution in [3.8, 4) is 0 Å². The smallest absolute Gasteiger partial charge is 0.0897 e. The van der Waals surface area contributed by atoms with E-state index in [9.17, 15) is 5.11 Å². The van der Waals surface area contributed by atoms with Gasteiger partial charge in [-0.15, -0.1) is 0 Å². The highest BCUT2D eigenvalue weighted by Crippen LogP contribution is 2.20. The van der Waals surface area contributed by atoms with Crippen LogP contribution in [0.2, 0.25) is 0 Å². The van der Waals surface area contributed by atoms with E-state index in [-0.39, 0.29) is 6.10 Å². The number of nitrogens with one attached hydrogen (secondary N) is 1. The molecule has 2 N–H and O–H groups in total. The Morgan fingerprint density at radius 2 is 2.00 bits per heavy atom. The molecule has 4 nitrogen and oxygen atoms in total. The van der Waals surface area contributed by atoms with Gasteiger partial charge in [-0.25, -0.2) is 0 Å². The fourth-order valence-corrected chi connectivity index (χ4v) is 2.96. The molecule has 1 aliphatic heterocycles. The average molecular weight is 271 g/mol. The summed E-state index contributed by atoms with van der Waals surface area (Å²) in [5.74, 6) is 0.611. The van der Waals surface area contributed by atoms with Crippen LogP contribution in [0.5, 0.6) is 0 Å². The number of aliphatic hydroxyl groups is 1. The summed E-state index contributed by atoms with van der Waals surface area (Å²) in [5, 5.41) is 13.2. The van der Waals surface area contributed by atoms with Gasteiger partial charge in [-0.2, -0.15) is 0 Å². The zero-order valence-electron chi connectivity index (χ0n) is 12.0. The Morgan fingerprint density at radius 3 is 2.74 bits per heavy atom. The van der Waals surface area contributed by atoms with E-state index in [4.69, 9.17) is 9.47 Å². The number of rotatable bonds is 7. The molecular formula is C15H29NO3. The summed E-state index contributed by atoms with van der Waals surface area (Å²) in [7, 11) is 0. The molecule has 19 heavy (non-hydrogen) atoms. The van der Waals surface area contributed by atoms with Crippen molar-refractivity contribution < 1.29 is 14.6 Å². The van der Waals surface area contributed by atoms with Crippen molar-refractivity contribution in [2.24, 2.45) is 5.92 Å². The van der Waals surface area contributed by atoms with Crippen LogP contribution in [0.15, 0.2) is 0 Å². The van der Waals surface area contributed by atoms with Crippen molar-refractivity contribution in [2.75, 3.05) is 32.9 Å². The lowest BCUT2D eigenvalue weighted by atomic mass is 9.98. The van der Waals surface area contributed by atoms with E-state index in [2.05, 4.69) is 5.32 Å². The SMILES string of the molecule is OC(CNCC1CCCOC1)COC1CCCCC1. The molecule has 2 atom stereocenters. The van der Waals surface area contributed by atoms with Crippen molar-refractivity contribution in [3.63, 3.8) is 0 Å². The largest absolute Gasteiger partial charge is 0.389 e. The van der Waals surface area contributed by atoms with Crippen molar-refractivity contribution >= 4 is 0 Å². The van der Waals surface area contributed by atoms with Gasteiger partial charge in [-0.05, 0) is 31.6 Å². The molecule has 1 aliphatic carbocycles. The van der Waals surface area contributed by atoms with Gasteiger partial charge in [0.05, 0.1) is 25.4 Å². The molecule has 2 unspecified atom stereocenters. The maximum Gasteiger partial charge on any atom is 0.0897 e. The Labute approximate surface area is 116 Å². The van der Waals surface area contributed by atoms with Crippen LogP contribution in [0, 0.1) is 5.92 Å². The molecular weight excluding hydrogens is 242 g/mol. The van der Waals surface area contributed by atoms with Gasteiger partial charge in [-0.1, -0.05) is 19.3 Å². The summed E-state index contributed by atoms with van der Waals surface area (Å²) in [4.78, 5) is 0. The monoisotopic (exact) mass is 271 g/mol. The van der Waals surface area contributed by atoms with Gasteiger partial charge < -0.3 is 19.9 Å². The predicted octanol–water partition coefficient (Wildman–Crippen LogP) is 1.71. The fraction of sp³-hybridized carbons (Fsp3) is 1.00. The minimum Gasteiger partial charge on any atom is -0.389 e. The molecule has 1 saturated carbocycles. The Morgan fingerprint density at radius 1 is 1.16 bits per heavy atom. The van der Waals surface area contributed by atoms with E-state index in [1.807, 2.05) is 0 Å². The van der Waals surface area contributed by atoms with Crippen molar-refractivity contribution in [1.82, 2.24) is 5.32 Å². The maximum atomic E-state index is 9.89. The fourth-order valence-electron chi connectivity index (χ4n) is 2.96. The Kier molecular flexibility index (Phi) is 7.14. The average Bonchev–Trinajstić information content (AvgIpc) is 2.47. The molecule has 112 valence electrons. The van der Waals surface area contributed by atoms with E-state index in [1.165, 1.54) is 44.9 Å². The first kappa shape index (κ1) is 15.2. The third-order valence-electron chi connectivity index (χ3n) is 4.14. The lowest BCUT2D eigenvalue weighted by Gasteiger charge is -2.25. The zero-order valence-corrected chi connectivity index (χ0v) is 12.0.